The van der Waals surface area contributed by atoms with Gasteiger partial charge in [-0.2, -0.15) is 0 Å². The average molecular weight is 494 g/mol. The molecule has 0 aliphatic carbocycles. The molecule has 3 aromatic carbocycles. The molecule has 9 heteroatoms. The third-order valence-corrected chi connectivity index (χ3v) is 6.43. The van der Waals surface area contributed by atoms with Crippen molar-refractivity contribution in [1.29, 1.82) is 0 Å². The van der Waals surface area contributed by atoms with Crippen LogP contribution < -0.4 is 14.4 Å². The van der Waals surface area contributed by atoms with Crippen molar-refractivity contribution in [2.45, 2.75) is 25.4 Å². The minimum atomic E-state index is -0.407. The maximum atomic E-state index is 13.6. The minimum Gasteiger partial charge on any atom is -0.493 e. The van der Waals surface area contributed by atoms with Crippen molar-refractivity contribution in [3.63, 3.8) is 0 Å². The number of halogens is 1. The van der Waals surface area contributed by atoms with Gasteiger partial charge < -0.3 is 14.4 Å². The predicted octanol–water partition coefficient (Wildman–Crippen LogP) is 5.06. The van der Waals surface area contributed by atoms with Crippen LogP contribution in [0, 0.1) is 15.9 Å². The number of hydrogen-bond donors (Lipinski definition) is 0. The first-order valence-corrected chi connectivity index (χ1v) is 11.7. The molecule has 8 nitrogen and oxygen atoms in total. The molecule has 1 amide bonds. The second-order valence-corrected chi connectivity index (χ2v) is 8.65. The molecule has 36 heavy (non-hydrogen) atoms. The van der Waals surface area contributed by atoms with Gasteiger partial charge in [-0.05, 0) is 54.8 Å². The molecule has 0 radical (unpaired) electrons. The second-order valence-electron chi connectivity index (χ2n) is 8.65. The van der Waals surface area contributed by atoms with Gasteiger partial charge in [0.25, 0.3) is 11.6 Å². The highest BCUT2D eigenvalue weighted by atomic mass is 19.1. The fraction of sp³-hybridized carbons (Fsp3) is 0.296. The lowest BCUT2D eigenvalue weighted by atomic mass is 10.00. The van der Waals surface area contributed by atoms with Crippen molar-refractivity contribution in [2.75, 3.05) is 32.2 Å². The standard InChI is InChI=1S/C27H28FN3O5/c1-35-25-12-11-24(17-26(25)36-2)30(27(32)20-5-7-21(28)8-6-20)22-13-15-29(16-14-22)18-19-3-9-23(10-4-19)31(33)34/h3-12,17,22H,13-16,18H2,1-2H3. The highest BCUT2D eigenvalue weighted by Crippen LogP contribution is 2.34. The zero-order valence-electron chi connectivity index (χ0n) is 20.2. The van der Waals surface area contributed by atoms with Gasteiger partial charge in [-0.15, -0.1) is 0 Å². The lowest BCUT2D eigenvalue weighted by Crippen LogP contribution is -2.47. The highest BCUT2D eigenvalue weighted by molar-refractivity contribution is 6.06. The van der Waals surface area contributed by atoms with Crippen molar-refractivity contribution in [1.82, 2.24) is 4.90 Å². The molecule has 1 heterocycles. The van der Waals surface area contributed by atoms with Crippen molar-refractivity contribution < 1.29 is 23.6 Å². The Morgan fingerprint density at radius 1 is 1.00 bits per heavy atom. The third-order valence-electron chi connectivity index (χ3n) is 6.43. The van der Waals surface area contributed by atoms with Gasteiger partial charge in [-0.3, -0.25) is 19.8 Å². The summed E-state index contributed by atoms with van der Waals surface area (Å²) in [6, 6.07) is 17.4. The van der Waals surface area contributed by atoms with Gasteiger partial charge in [0.1, 0.15) is 5.82 Å². The van der Waals surface area contributed by atoms with Gasteiger partial charge in [0, 0.05) is 55.1 Å². The van der Waals surface area contributed by atoms with Crippen LogP contribution >= 0.6 is 0 Å². The number of anilines is 1. The van der Waals surface area contributed by atoms with Crippen LogP contribution in [-0.2, 0) is 6.54 Å². The molecule has 4 rings (SSSR count). The SMILES string of the molecule is COc1ccc(N(C(=O)c2ccc(F)cc2)C2CCN(Cc3ccc([N+](=O)[O-])cc3)CC2)cc1OC. The molecule has 0 saturated carbocycles. The summed E-state index contributed by atoms with van der Waals surface area (Å²) in [5, 5.41) is 10.9. The summed E-state index contributed by atoms with van der Waals surface area (Å²) >= 11 is 0. The van der Waals surface area contributed by atoms with E-state index in [0.29, 0.717) is 29.3 Å². The van der Waals surface area contributed by atoms with E-state index in [1.807, 2.05) is 6.07 Å². The number of likely N-dealkylation sites (tertiary alicyclic amines) is 1. The van der Waals surface area contributed by atoms with E-state index < -0.39 is 10.7 Å². The number of piperidine rings is 1. The monoisotopic (exact) mass is 493 g/mol. The van der Waals surface area contributed by atoms with Crippen molar-refractivity contribution in [2.24, 2.45) is 0 Å². The summed E-state index contributed by atoms with van der Waals surface area (Å²) < 4.78 is 24.3. The molecule has 1 aliphatic rings. The average Bonchev–Trinajstić information content (AvgIpc) is 2.90. The minimum absolute atomic E-state index is 0.0716. The number of methoxy groups -OCH3 is 2. The zero-order valence-corrected chi connectivity index (χ0v) is 20.2. The van der Waals surface area contributed by atoms with Gasteiger partial charge in [0.2, 0.25) is 0 Å². The Morgan fingerprint density at radius 2 is 1.64 bits per heavy atom. The van der Waals surface area contributed by atoms with Gasteiger partial charge in [-0.25, -0.2) is 4.39 Å². The summed E-state index contributed by atoms with van der Waals surface area (Å²) in [7, 11) is 3.10. The number of nitro groups is 1. The summed E-state index contributed by atoms with van der Waals surface area (Å²) in [6.45, 7) is 2.18. The van der Waals surface area contributed by atoms with Crippen molar-refractivity contribution in [3.8, 4) is 11.5 Å². The highest BCUT2D eigenvalue weighted by Gasteiger charge is 2.30. The number of hydrogen-bond acceptors (Lipinski definition) is 6. The molecule has 0 atom stereocenters. The Morgan fingerprint density at radius 3 is 2.22 bits per heavy atom. The molecule has 0 unspecified atom stereocenters. The summed E-state index contributed by atoms with van der Waals surface area (Å²) in [5.74, 6) is 0.468. The Bertz CT molecular complexity index is 1210. The molecule has 3 aromatic rings. The largest absolute Gasteiger partial charge is 0.493 e. The summed E-state index contributed by atoms with van der Waals surface area (Å²) in [6.07, 6.45) is 1.46. The summed E-state index contributed by atoms with van der Waals surface area (Å²) in [4.78, 5) is 28.2. The van der Waals surface area contributed by atoms with Crippen LogP contribution in [-0.4, -0.2) is 49.1 Å². The van der Waals surface area contributed by atoms with E-state index in [4.69, 9.17) is 9.47 Å². The molecule has 0 spiro atoms. The number of non-ortho nitro benzene ring substituents is 1. The lowest BCUT2D eigenvalue weighted by Gasteiger charge is -2.39. The first kappa shape index (κ1) is 25.1. The number of amides is 1. The predicted molar refractivity (Wildman–Crippen MR) is 134 cm³/mol. The maximum absolute atomic E-state index is 13.6. The first-order valence-electron chi connectivity index (χ1n) is 11.7. The fourth-order valence-electron chi connectivity index (χ4n) is 4.52. The molecular formula is C27H28FN3O5. The molecule has 0 aromatic heterocycles. The van der Waals surface area contributed by atoms with E-state index in [2.05, 4.69) is 4.90 Å². The third kappa shape index (κ3) is 5.63. The van der Waals surface area contributed by atoms with Gasteiger partial charge in [0.05, 0.1) is 19.1 Å². The van der Waals surface area contributed by atoms with Crippen molar-refractivity contribution >= 4 is 17.3 Å². The van der Waals surface area contributed by atoms with Gasteiger partial charge >= 0.3 is 0 Å². The Labute approximate surface area is 209 Å². The number of rotatable bonds is 8. The first-order chi connectivity index (χ1) is 17.4. The van der Waals surface area contributed by atoms with E-state index in [1.165, 1.54) is 36.4 Å². The Kier molecular flexibility index (Phi) is 7.80. The van der Waals surface area contributed by atoms with E-state index >= 15 is 0 Å². The molecular weight excluding hydrogens is 465 g/mol. The topological polar surface area (TPSA) is 85.2 Å². The van der Waals surface area contributed by atoms with E-state index in [-0.39, 0.29) is 17.6 Å². The number of nitro benzene ring substituents is 1. The van der Waals surface area contributed by atoms with Crippen LogP contribution in [0.2, 0.25) is 0 Å². The number of carbonyl (C=O) groups excluding carboxylic acids is 1. The maximum Gasteiger partial charge on any atom is 0.269 e. The van der Waals surface area contributed by atoms with Crippen LogP contribution in [0.5, 0.6) is 11.5 Å². The van der Waals surface area contributed by atoms with Crippen LogP contribution in [0.1, 0.15) is 28.8 Å². The number of ether oxygens (including phenoxy) is 2. The molecule has 1 fully saturated rings. The zero-order chi connectivity index (χ0) is 25.7. The number of carbonyl (C=O) groups is 1. The van der Waals surface area contributed by atoms with Crippen molar-refractivity contribution in [3.05, 3.63) is 93.8 Å². The Hall–Kier alpha value is -3.98. The Balaban J connectivity index is 1.53. The van der Waals surface area contributed by atoms with Gasteiger partial charge in [0.15, 0.2) is 11.5 Å². The van der Waals surface area contributed by atoms with E-state index in [1.54, 1.807) is 43.4 Å². The number of benzene rings is 3. The fourth-order valence-corrected chi connectivity index (χ4v) is 4.52. The quantitative estimate of drug-likeness (QED) is 0.322. The summed E-state index contributed by atoms with van der Waals surface area (Å²) in [5.41, 5.74) is 2.15. The second kappa shape index (κ2) is 11.2. The molecule has 0 N–H and O–H groups in total. The van der Waals surface area contributed by atoms with Gasteiger partial charge in [-0.1, -0.05) is 12.1 Å². The van der Waals surface area contributed by atoms with Crippen LogP contribution in [0.25, 0.3) is 0 Å². The molecule has 188 valence electrons. The van der Waals surface area contributed by atoms with Crippen LogP contribution in [0.15, 0.2) is 66.7 Å². The van der Waals surface area contributed by atoms with E-state index in [9.17, 15) is 19.3 Å². The molecule has 0 bridgehead atoms. The van der Waals surface area contributed by atoms with E-state index in [0.717, 1.165) is 31.5 Å². The lowest BCUT2D eigenvalue weighted by molar-refractivity contribution is -0.384. The number of nitrogens with zero attached hydrogens (tertiary/aromatic N) is 3. The molecule has 1 aliphatic heterocycles. The smallest absolute Gasteiger partial charge is 0.269 e. The normalized spacial score (nSPS) is 14.3. The van der Waals surface area contributed by atoms with Crippen LogP contribution in [0.4, 0.5) is 15.8 Å². The van der Waals surface area contributed by atoms with Crippen LogP contribution in [0.3, 0.4) is 0 Å². The molecule has 1 saturated heterocycles.